The molecule has 0 aromatic heterocycles. The average molecular weight is 306 g/mol. The van der Waals surface area contributed by atoms with E-state index in [-0.39, 0.29) is 12.3 Å². The van der Waals surface area contributed by atoms with Gasteiger partial charge in [0.1, 0.15) is 4.32 Å². The molecule has 0 aliphatic carbocycles. The van der Waals surface area contributed by atoms with Gasteiger partial charge in [-0.3, -0.25) is 9.69 Å². The van der Waals surface area contributed by atoms with Crippen molar-refractivity contribution in [1.29, 1.82) is 0 Å². The highest BCUT2D eigenvalue weighted by Crippen LogP contribution is 2.32. The Morgan fingerprint density at radius 2 is 2.05 bits per heavy atom. The highest BCUT2D eigenvalue weighted by molar-refractivity contribution is 8.26. The van der Waals surface area contributed by atoms with E-state index in [1.807, 2.05) is 30.3 Å². The third-order valence-electron chi connectivity index (χ3n) is 2.73. The first-order chi connectivity index (χ1) is 9.58. The number of carboxylic acid groups (broad SMARTS) is 1. The third-order valence-corrected chi connectivity index (χ3v) is 4.11. The molecule has 0 atom stereocenters. The predicted molar refractivity (Wildman–Crippen MR) is 80.6 cm³/mol. The van der Waals surface area contributed by atoms with Crippen molar-refractivity contribution in [2.75, 3.05) is 6.54 Å². The molecule has 104 valence electrons. The molecule has 1 saturated heterocycles. The summed E-state index contributed by atoms with van der Waals surface area (Å²) in [5.41, 5.74) is 0.933. The molecule has 1 aliphatic rings. The number of thioether (sulfide) groups is 1. The van der Waals surface area contributed by atoms with Gasteiger partial charge in [0, 0.05) is 12.5 Å². The molecule has 1 aromatic carbocycles. The predicted octanol–water partition coefficient (Wildman–Crippen LogP) is 1.42. The van der Waals surface area contributed by atoms with Gasteiger partial charge in [0.25, 0.3) is 5.91 Å². The zero-order valence-corrected chi connectivity index (χ0v) is 12.2. The van der Waals surface area contributed by atoms with Crippen LogP contribution in [0.15, 0.2) is 35.2 Å². The molecule has 6 heteroatoms. The number of aliphatic carboxylic acids is 1. The van der Waals surface area contributed by atoms with Crippen molar-refractivity contribution in [2.24, 2.45) is 0 Å². The quantitative estimate of drug-likeness (QED) is 0.608. The molecule has 1 heterocycles. The summed E-state index contributed by atoms with van der Waals surface area (Å²) in [5.74, 6) is -1.28. The van der Waals surface area contributed by atoms with Gasteiger partial charge in [-0.25, -0.2) is 0 Å². The minimum absolute atomic E-state index is 0.0746. The minimum atomic E-state index is -1.12. The first-order valence-electron chi connectivity index (χ1n) is 6.08. The highest BCUT2D eigenvalue weighted by atomic mass is 32.2. The van der Waals surface area contributed by atoms with Crippen molar-refractivity contribution in [3.05, 3.63) is 40.8 Å². The van der Waals surface area contributed by atoms with Gasteiger partial charge in [-0.05, 0) is 24.5 Å². The van der Waals surface area contributed by atoms with E-state index in [0.717, 1.165) is 5.56 Å². The van der Waals surface area contributed by atoms with Gasteiger partial charge >= 0.3 is 0 Å². The number of carbonyl (C=O) groups is 2. The number of benzene rings is 1. The largest absolute Gasteiger partial charge is 0.550 e. The first kappa shape index (κ1) is 14.7. The second-order valence-corrected chi connectivity index (χ2v) is 5.90. The van der Waals surface area contributed by atoms with Crippen LogP contribution in [-0.4, -0.2) is 27.6 Å². The molecule has 20 heavy (non-hydrogen) atoms. The molecule has 0 spiro atoms. The Bertz CT molecular complexity index is 569. The van der Waals surface area contributed by atoms with Gasteiger partial charge in [0.05, 0.1) is 4.91 Å². The Kier molecular flexibility index (Phi) is 4.92. The first-order valence-corrected chi connectivity index (χ1v) is 7.30. The van der Waals surface area contributed by atoms with E-state index in [1.54, 1.807) is 6.08 Å². The Hall–Kier alpha value is -1.66. The molecule has 0 N–H and O–H groups in total. The fourth-order valence-electron chi connectivity index (χ4n) is 1.77. The highest BCUT2D eigenvalue weighted by Gasteiger charge is 2.31. The van der Waals surface area contributed by atoms with Crippen LogP contribution in [-0.2, 0) is 9.59 Å². The number of hydrogen-bond donors (Lipinski definition) is 0. The summed E-state index contributed by atoms with van der Waals surface area (Å²) < 4.78 is 0.468. The monoisotopic (exact) mass is 306 g/mol. The number of nitrogens with zero attached hydrogens (tertiary/aromatic N) is 1. The van der Waals surface area contributed by atoms with Gasteiger partial charge < -0.3 is 9.90 Å². The van der Waals surface area contributed by atoms with Crippen LogP contribution in [0.3, 0.4) is 0 Å². The molecule has 2 rings (SSSR count). The maximum absolute atomic E-state index is 12.2. The van der Waals surface area contributed by atoms with Gasteiger partial charge in [-0.1, -0.05) is 54.3 Å². The van der Waals surface area contributed by atoms with E-state index in [9.17, 15) is 14.7 Å². The molecule has 0 bridgehead atoms. The summed E-state index contributed by atoms with van der Waals surface area (Å²) in [6, 6.07) is 9.51. The van der Waals surface area contributed by atoms with E-state index >= 15 is 0 Å². The molecular weight excluding hydrogens is 294 g/mol. The molecule has 1 aliphatic heterocycles. The normalized spacial score (nSPS) is 17.0. The Balaban J connectivity index is 2.05. The third kappa shape index (κ3) is 3.68. The summed E-state index contributed by atoms with van der Waals surface area (Å²) in [4.78, 5) is 24.6. The fraction of sp³-hybridized carbons (Fsp3) is 0.214. The Morgan fingerprint density at radius 1 is 1.35 bits per heavy atom. The van der Waals surface area contributed by atoms with Crippen LogP contribution in [0.5, 0.6) is 0 Å². The lowest BCUT2D eigenvalue weighted by molar-refractivity contribution is -0.305. The lowest BCUT2D eigenvalue weighted by atomic mass is 10.2. The van der Waals surface area contributed by atoms with E-state index < -0.39 is 5.97 Å². The summed E-state index contributed by atoms with van der Waals surface area (Å²) in [6.45, 7) is 0.310. The molecule has 4 nitrogen and oxygen atoms in total. The molecule has 1 amide bonds. The smallest absolute Gasteiger partial charge is 0.266 e. The molecule has 0 saturated carbocycles. The summed E-state index contributed by atoms with van der Waals surface area (Å²) in [5, 5.41) is 10.4. The van der Waals surface area contributed by atoms with E-state index in [2.05, 4.69) is 0 Å². The average Bonchev–Trinajstić information content (AvgIpc) is 2.67. The number of hydrogen-bond acceptors (Lipinski definition) is 5. The number of amides is 1. The van der Waals surface area contributed by atoms with E-state index in [0.29, 0.717) is 22.2 Å². The second-order valence-electron chi connectivity index (χ2n) is 4.22. The van der Waals surface area contributed by atoms with E-state index in [1.165, 1.54) is 16.7 Å². The van der Waals surface area contributed by atoms with Crippen LogP contribution < -0.4 is 5.11 Å². The van der Waals surface area contributed by atoms with Crippen LogP contribution in [0, 0.1) is 0 Å². The maximum Gasteiger partial charge on any atom is 0.266 e. The van der Waals surface area contributed by atoms with Crippen LogP contribution in [0.25, 0.3) is 6.08 Å². The standard InChI is InChI=1S/C14H13NO3S2/c16-12(17)7-4-8-15-13(18)11(20-14(15)19)9-10-5-2-1-3-6-10/h1-3,5-6,9H,4,7-8H2,(H,16,17)/p-1/b11-9+. The van der Waals surface area contributed by atoms with Crippen molar-refractivity contribution in [3.63, 3.8) is 0 Å². The Labute approximate surface area is 126 Å². The summed E-state index contributed by atoms with van der Waals surface area (Å²) in [6.07, 6.45) is 2.06. The lowest BCUT2D eigenvalue weighted by Gasteiger charge is -2.14. The molecule has 1 aromatic rings. The molecule has 1 fully saturated rings. The zero-order chi connectivity index (χ0) is 14.5. The van der Waals surface area contributed by atoms with Gasteiger partial charge in [-0.2, -0.15) is 0 Å². The number of rotatable bonds is 5. The number of carbonyl (C=O) groups excluding carboxylic acids is 2. The van der Waals surface area contributed by atoms with Crippen LogP contribution in [0.1, 0.15) is 18.4 Å². The topological polar surface area (TPSA) is 60.4 Å². The van der Waals surface area contributed by atoms with Crippen LogP contribution in [0.2, 0.25) is 0 Å². The molecular formula is C14H12NO3S2-. The van der Waals surface area contributed by atoms with Crippen molar-refractivity contribution in [2.45, 2.75) is 12.8 Å². The van der Waals surface area contributed by atoms with Crippen LogP contribution in [0.4, 0.5) is 0 Å². The zero-order valence-electron chi connectivity index (χ0n) is 10.6. The molecule has 0 radical (unpaired) electrons. The van der Waals surface area contributed by atoms with Crippen LogP contribution >= 0.6 is 24.0 Å². The fourth-order valence-corrected chi connectivity index (χ4v) is 3.08. The molecule has 0 unspecified atom stereocenters. The van der Waals surface area contributed by atoms with Crippen molar-refractivity contribution >= 4 is 46.3 Å². The number of carboxylic acids is 1. The summed E-state index contributed by atoms with van der Waals surface area (Å²) >= 11 is 6.40. The lowest BCUT2D eigenvalue weighted by Crippen LogP contribution is -2.30. The van der Waals surface area contributed by atoms with Crippen molar-refractivity contribution in [1.82, 2.24) is 4.90 Å². The maximum atomic E-state index is 12.2. The summed E-state index contributed by atoms with van der Waals surface area (Å²) in [7, 11) is 0. The number of thiocarbonyl (C=S) groups is 1. The SMILES string of the molecule is O=C([O-])CCCN1C(=O)/C(=C\c2ccccc2)SC1=S. The van der Waals surface area contributed by atoms with Gasteiger partial charge in [0.2, 0.25) is 0 Å². The Morgan fingerprint density at radius 3 is 2.70 bits per heavy atom. The second kappa shape index (κ2) is 6.67. The van der Waals surface area contributed by atoms with E-state index in [4.69, 9.17) is 12.2 Å². The van der Waals surface area contributed by atoms with Crippen molar-refractivity contribution < 1.29 is 14.7 Å². The minimum Gasteiger partial charge on any atom is -0.550 e. The van der Waals surface area contributed by atoms with Gasteiger partial charge in [-0.15, -0.1) is 0 Å². The van der Waals surface area contributed by atoms with Crippen molar-refractivity contribution in [3.8, 4) is 0 Å². The van der Waals surface area contributed by atoms with Gasteiger partial charge in [0.15, 0.2) is 0 Å².